The van der Waals surface area contributed by atoms with Gasteiger partial charge in [-0.3, -0.25) is 14.3 Å². The lowest BCUT2D eigenvalue weighted by molar-refractivity contribution is 0.0451. The molecule has 11 nitrogen and oxygen atoms in total. The topological polar surface area (TPSA) is 106 Å². The molecule has 0 aliphatic rings. The van der Waals surface area contributed by atoms with Crippen molar-refractivity contribution in [2.24, 2.45) is 21.1 Å². The van der Waals surface area contributed by atoms with Gasteiger partial charge in [-0.25, -0.2) is 9.59 Å². The van der Waals surface area contributed by atoms with E-state index in [-0.39, 0.29) is 13.2 Å². The summed E-state index contributed by atoms with van der Waals surface area (Å²) >= 11 is 10.7. The normalized spacial score (nSPS) is 11.6. The Morgan fingerprint density at radius 2 is 1.59 bits per heavy atom. The minimum absolute atomic E-state index is 0.160. The summed E-state index contributed by atoms with van der Waals surface area (Å²) in [6.45, 7) is 10.2. The van der Waals surface area contributed by atoms with E-state index >= 15 is 0 Å². The van der Waals surface area contributed by atoms with Gasteiger partial charge < -0.3 is 18.8 Å². The van der Waals surface area contributed by atoms with Gasteiger partial charge in [0.2, 0.25) is 0 Å². The first kappa shape index (κ1) is 43.7. The number of halogens is 2. The van der Waals surface area contributed by atoms with E-state index in [4.69, 9.17) is 36.0 Å². The molecule has 318 valence electrons. The van der Waals surface area contributed by atoms with Crippen molar-refractivity contribution in [3.05, 3.63) is 134 Å². The van der Waals surface area contributed by atoms with Gasteiger partial charge in [0.15, 0.2) is 0 Å². The van der Waals surface area contributed by atoms with Crippen LogP contribution in [0.1, 0.15) is 75.0 Å². The Morgan fingerprint density at radius 1 is 0.820 bits per heavy atom. The fourth-order valence-corrected chi connectivity index (χ4v) is 8.72. The predicted octanol–water partition coefficient (Wildman–Crippen LogP) is 10.1. The summed E-state index contributed by atoms with van der Waals surface area (Å²) in [6.07, 6.45) is 2.09. The highest BCUT2D eigenvalue weighted by Gasteiger charge is 2.29. The standard InChI is InChI=1S/C48H52BrClN6O5/c1-8-36-27-35(51-55(36)7)28-56(22-24-61-47(57)32-16-18-34(49)19-17-32)29-41-43(31(4)54(6)52-41)44-40(50)21-20-39-38(46(48(58)59-9-2)53(5)45(39)44)15-12-23-60-42-26-30(3)25-33-13-10-11-14-37(33)42/h10-11,13-14,16-21,25-27H,8-9,12,15,22-24,28-29H2,1-7H3. The number of rotatable bonds is 17. The number of hydrogen-bond donors (Lipinski definition) is 0. The molecule has 3 heterocycles. The summed E-state index contributed by atoms with van der Waals surface area (Å²) in [7, 11) is 5.77. The molecule has 0 atom stereocenters. The molecule has 0 saturated heterocycles. The van der Waals surface area contributed by atoms with Crippen LogP contribution in [-0.4, -0.2) is 67.3 Å². The number of hydrogen-bond acceptors (Lipinski definition) is 8. The van der Waals surface area contributed by atoms with E-state index in [1.54, 1.807) is 12.1 Å². The number of fused-ring (bicyclic) bond motifs is 2. The van der Waals surface area contributed by atoms with Crippen LogP contribution in [0.5, 0.6) is 5.75 Å². The van der Waals surface area contributed by atoms with Gasteiger partial charge in [-0.1, -0.05) is 70.9 Å². The first-order chi connectivity index (χ1) is 29.4. The summed E-state index contributed by atoms with van der Waals surface area (Å²) in [6, 6.07) is 25.6. The van der Waals surface area contributed by atoms with E-state index in [1.807, 2.05) is 85.3 Å². The van der Waals surface area contributed by atoms with E-state index in [0.717, 1.165) is 83.3 Å². The van der Waals surface area contributed by atoms with Gasteiger partial charge in [0.25, 0.3) is 0 Å². The Balaban J connectivity index is 1.22. The van der Waals surface area contributed by atoms with E-state index < -0.39 is 11.9 Å². The molecule has 0 bridgehead atoms. The van der Waals surface area contributed by atoms with Crippen LogP contribution in [0.15, 0.2) is 83.3 Å². The number of carbonyl (C=O) groups excluding carboxylic acids is 2. The second kappa shape index (κ2) is 19.1. The average molecular weight is 908 g/mol. The highest BCUT2D eigenvalue weighted by molar-refractivity contribution is 9.10. The maximum atomic E-state index is 13.8. The molecule has 7 aromatic rings. The maximum Gasteiger partial charge on any atom is 0.355 e. The van der Waals surface area contributed by atoms with Crippen LogP contribution < -0.4 is 4.74 Å². The van der Waals surface area contributed by atoms with E-state index in [9.17, 15) is 9.59 Å². The van der Waals surface area contributed by atoms with Crippen LogP contribution in [0.25, 0.3) is 32.8 Å². The third kappa shape index (κ3) is 9.41. The van der Waals surface area contributed by atoms with Gasteiger partial charge in [-0.2, -0.15) is 10.2 Å². The van der Waals surface area contributed by atoms with Gasteiger partial charge in [0.05, 0.1) is 40.7 Å². The summed E-state index contributed by atoms with van der Waals surface area (Å²) < 4.78 is 24.4. The molecule has 13 heteroatoms. The number of ether oxygens (including phenoxy) is 3. The van der Waals surface area contributed by atoms with E-state index in [0.29, 0.717) is 55.4 Å². The molecular weight excluding hydrogens is 856 g/mol. The monoisotopic (exact) mass is 906 g/mol. The Morgan fingerprint density at radius 3 is 2.33 bits per heavy atom. The highest BCUT2D eigenvalue weighted by Crippen LogP contribution is 2.42. The molecule has 0 saturated carbocycles. The van der Waals surface area contributed by atoms with Crippen molar-refractivity contribution in [2.75, 3.05) is 26.4 Å². The maximum absolute atomic E-state index is 13.8. The van der Waals surface area contributed by atoms with Gasteiger partial charge in [-0.15, -0.1) is 0 Å². The minimum Gasteiger partial charge on any atom is -0.493 e. The second-order valence-electron chi connectivity index (χ2n) is 15.3. The number of nitrogens with zero attached hydrogens (tertiary/aromatic N) is 6. The van der Waals surface area contributed by atoms with E-state index in [2.05, 4.69) is 65.0 Å². The molecule has 4 aromatic carbocycles. The van der Waals surface area contributed by atoms with Gasteiger partial charge in [-0.05, 0) is 99.0 Å². The molecule has 0 aliphatic heterocycles. The lowest BCUT2D eigenvalue weighted by Gasteiger charge is -2.21. The fraction of sp³-hybridized carbons (Fsp3) is 0.333. The van der Waals surface area contributed by atoms with Crippen molar-refractivity contribution in [3.63, 3.8) is 0 Å². The van der Waals surface area contributed by atoms with Crippen LogP contribution in [0, 0.1) is 13.8 Å². The largest absolute Gasteiger partial charge is 0.493 e. The Kier molecular flexibility index (Phi) is 13.7. The Bertz CT molecular complexity index is 2720. The zero-order chi connectivity index (χ0) is 43.4. The van der Waals surface area contributed by atoms with Crippen LogP contribution in [0.3, 0.4) is 0 Å². The first-order valence-electron chi connectivity index (χ1n) is 20.7. The van der Waals surface area contributed by atoms with Crippen LogP contribution in [-0.2, 0) is 56.5 Å². The van der Waals surface area contributed by atoms with Crippen LogP contribution >= 0.6 is 27.5 Å². The number of benzene rings is 4. The summed E-state index contributed by atoms with van der Waals surface area (Å²) in [5.74, 6) is 0.0645. The van der Waals surface area contributed by atoms with Gasteiger partial charge in [0.1, 0.15) is 18.1 Å². The molecule has 0 amide bonds. The third-order valence-electron chi connectivity index (χ3n) is 11.2. The molecule has 0 N–H and O–H groups in total. The number of carbonyl (C=O) groups is 2. The zero-order valence-corrected chi connectivity index (χ0v) is 38.2. The zero-order valence-electron chi connectivity index (χ0n) is 35.8. The predicted molar refractivity (Wildman–Crippen MR) is 244 cm³/mol. The Hall–Kier alpha value is -5.43. The third-order valence-corrected chi connectivity index (χ3v) is 12.0. The number of esters is 2. The Labute approximate surface area is 370 Å². The van der Waals surface area contributed by atoms with Crippen molar-refractivity contribution >= 4 is 61.1 Å². The fourth-order valence-electron chi connectivity index (χ4n) is 8.20. The van der Waals surface area contributed by atoms with Crippen molar-refractivity contribution in [2.45, 2.75) is 60.0 Å². The van der Waals surface area contributed by atoms with Crippen LogP contribution in [0.4, 0.5) is 0 Å². The lowest BCUT2D eigenvalue weighted by Crippen LogP contribution is -2.28. The summed E-state index contributed by atoms with van der Waals surface area (Å²) in [4.78, 5) is 29.0. The molecule has 0 unspecified atom stereocenters. The molecular formula is C48H52BrClN6O5. The number of aryl methyl sites for hydroxylation is 6. The minimum atomic E-state index is -0.391. The lowest BCUT2D eigenvalue weighted by atomic mass is 9.97. The molecule has 61 heavy (non-hydrogen) atoms. The molecule has 0 spiro atoms. The molecule has 3 aromatic heterocycles. The smallest absolute Gasteiger partial charge is 0.355 e. The highest BCUT2D eigenvalue weighted by atomic mass is 79.9. The molecule has 0 aliphatic carbocycles. The SMILES string of the molecule is CCOC(=O)c1c(CCCOc2cc(C)cc3ccccc23)c2ccc(Cl)c(-c3c(CN(CCOC(=O)c4ccc(Br)cc4)Cc4cc(CC)n(C)n4)nn(C)c3C)c2n1C. The summed E-state index contributed by atoms with van der Waals surface area (Å²) in [5.41, 5.74) is 9.19. The molecule has 0 fully saturated rings. The summed E-state index contributed by atoms with van der Waals surface area (Å²) in [5, 5.41) is 13.5. The molecule has 0 radical (unpaired) electrons. The quantitative estimate of drug-likeness (QED) is 0.0657. The second-order valence-corrected chi connectivity index (χ2v) is 16.7. The molecule has 7 rings (SSSR count). The van der Waals surface area contributed by atoms with Crippen LogP contribution in [0.2, 0.25) is 5.02 Å². The van der Waals surface area contributed by atoms with Gasteiger partial charge >= 0.3 is 11.9 Å². The number of aromatic nitrogens is 5. The van der Waals surface area contributed by atoms with Crippen molar-refractivity contribution in [1.82, 2.24) is 29.0 Å². The van der Waals surface area contributed by atoms with E-state index in [1.165, 1.54) is 0 Å². The first-order valence-corrected chi connectivity index (χ1v) is 21.8. The van der Waals surface area contributed by atoms with Crippen molar-refractivity contribution in [1.29, 1.82) is 0 Å². The van der Waals surface area contributed by atoms with Crippen molar-refractivity contribution in [3.8, 4) is 16.9 Å². The van der Waals surface area contributed by atoms with Crippen molar-refractivity contribution < 1.29 is 23.8 Å². The average Bonchev–Trinajstić information content (AvgIpc) is 3.84. The van der Waals surface area contributed by atoms with Gasteiger partial charge in [0, 0.05) is 78.5 Å².